The van der Waals surface area contributed by atoms with Crippen LogP contribution >= 0.6 is 0 Å². The minimum atomic E-state index is -0.326. The van der Waals surface area contributed by atoms with Crippen LogP contribution < -0.4 is 10.6 Å². The van der Waals surface area contributed by atoms with E-state index >= 15 is 0 Å². The van der Waals surface area contributed by atoms with Crippen molar-refractivity contribution in [2.45, 2.75) is 26.2 Å². The summed E-state index contributed by atoms with van der Waals surface area (Å²) in [5.74, 6) is 1.06. The molecule has 0 aliphatic carbocycles. The zero-order valence-corrected chi connectivity index (χ0v) is 11.5. The molecule has 7 heteroatoms. The molecule has 0 radical (unpaired) electrons. The van der Waals surface area contributed by atoms with Gasteiger partial charge in [-0.3, -0.25) is 10.1 Å². The van der Waals surface area contributed by atoms with E-state index in [-0.39, 0.29) is 10.6 Å². The number of nitro groups is 1. The molecule has 1 unspecified atom stereocenters. The van der Waals surface area contributed by atoms with Crippen molar-refractivity contribution < 1.29 is 4.92 Å². The van der Waals surface area contributed by atoms with Crippen molar-refractivity contribution in [3.63, 3.8) is 0 Å². The Kier molecular flexibility index (Phi) is 4.36. The second kappa shape index (κ2) is 6.01. The van der Waals surface area contributed by atoms with E-state index in [0.717, 1.165) is 32.5 Å². The van der Waals surface area contributed by atoms with E-state index in [1.54, 1.807) is 11.7 Å². The Balaban J connectivity index is 2.15. The second-order valence-electron chi connectivity index (χ2n) is 5.01. The highest BCUT2D eigenvalue weighted by Crippen LogP contribution is 2.29. The number of aromatic nitrogens is 2. The molecule has 1 aliphatic rings. The number of anilines is 1. The molecule has 1 aromatic rings. The van der Waals surface area contributed by atoms with E-state index in [1.807, 2.05) is 6.92 Å². The van der Waals surface area contributed by atoms with Crippen LogP contribution in [0.15, 0.2) is 0 Å². The lowest BCUT2D eigenvalue weighted by Gasteiger charge is -2.10. The fraction of sp³-hybridized carbons (Fsp3) is 0.750. The zero-order chi connectivity index (χ0) is 13.8. The van der Waals surface area contributed by atoms with Crippen LogP contribution in [0.2, 0.25) is 0 Å². The van der Waals surface area contributed by atoms with Crippen molar-refractivity contribution in [3.8, 4) is 0 Å². The van der Waals surface area contributed by atoms with Gasteiger partial charge in [-0.2, -0.15) is 5.10 Å². The number of nitrogens with one attached hydrogen (secondary N) is 2. The Morgan fingerprint density at radius 1 is 1.63 bits per heavy atom. The average Bonchev–Trinajstić information content (AvgIpc) is 2.95. The van der Waals surface area contributed by atoms with E-state index in [4.69, 9.17) is 0 Å². The number of hydrogen-bond acceptors (Lipinski definition) is 5. The fourth-order valence-electron chi connectivity index (χ4n) is 2.49. The Labute approximate surface area is 112 Å². The molecule has 2 rings (SSSR count). The van der Waals surface area contributed by atoms with Crippen molar-refractivity contribution in [1.82, 2.24) is 15.1 Å². The van der Waals surface area contributed by atoms with Gasteiger partial charge < -0.3 is 10.6 Å². The molecule has 7 nitrogen and oxygen atoms in total. The molecular formula is C12H21N5O2. The first-order chi connectivity index (χ1) is 9.13. The SMILES string of the molecule is CCCc1nn(C)c(NCC2CCNC2)c1[N+](=O)[O-]. The molecule has 2 N–H and O–H groups in total. The van der Waals surface area contributed by atoms with Gasteiger partial charge in [-0.05, 0) is 31.8 Å². The number of hydrogen-bond donors (Lipinski definition) is 2. The predicted molar refractivity (Wildman–Crippen MR) is 73.3 cm³/mol. The Morgan fingerprint density at radius 3 is 3.00 bits per heavy atom. The van der Waals surface area contributed by atoms with E-state index in [2.05, 4.69) is 15.7 Å². The van der Waals surface area contributed by atoms with Crippen molar-refractivity contribution in [2.24, 2.45) is 13.0 Å². The van der Waals surface area contributed by atoms with Gasteiger partial charge in [0.1, 0.15) is 5.69 Å². The normalized spacial score (nSPS) is 18.7. The van der Waals surface area contributed by atoms with Gasteiger partial charge in [-0.25, -0.2) is 4.68 Å². The van der Waals surface area contributed by atoms with Crippen LogP contribution in [0.5, 0.6) is 0 Å². The molecule has 1 atom stereocenters. The molecule has 1 aromatic heterocycles. The van der Waals surface area contributed by atoms with Gasteiger partial charge in [0.05, 0.1) is 4.92 Å². The summed E-state index contributed by atoms with van der Waals surface area (Å²) in [6.07, 6.45) is 2.60. The first-order valence-corrected chi connectivity index (χ1v) is 6.78. The average molecular weight is 267 g/mol. The Morgan fingerprint density at radius 2 is 2.42 bits per heavy atom. The molecule has 0 amide bonds. The van der Waals surface area contributed by atoms with Gasteiger partial charge in [0.15, 0.2) is 0 Å². The molecule has 1 saturated heterocycles. The van der Waals surface area contributed by atoms with Crippen molar-refractivity contribution in [1.29, 1.82) is 0 Å². The van der Waals surface area contributed by atoms with Crippen LogP contribution in [-0.2, 0) is 13.5 Å². The van der Waals surface area contributed by atoms with Gasteiger partial charge in [0.25, 0.3) is 0 Å². The molecule has 0 bridgehead atoms. The largest absolute Gasteiger partial charge is 0.364 e. The highest BCUT2D eigenvalue weighted by molar-refractivity contribution is 5.59. The highest BCUT2D eigenvalue weighted by Gasteiger charge is 2.26. The third kappa shape index (κ3) is 3.04. The quantitative estimate of drug-likeness (QED) is 0.599. The minimum absolute atomic E-state index is 0.135. The van der Waals surface area contributed by atoms with Gasteiger partial charge >= 0.3 is 5.69 Å². The lowest BCUT2D eigenvalue weighted by Crippen LogP contribution is -2.18. The highest BCUT2D eigenvalue weighted by atomic mass is 16.6. The molecule has 0 saturated carbocycles. The Hall–Kier alpha value is -1.63. The number of nitrogens with zero attached hydrogens (tertiary/aromatic N) is 3. The fourth-order valence-corrected chi connectivity index (χ4v) is 2.49. The maximum atomic E-state index is 11.2. The summed E-state index contributed by atoms with van der Waals surface area (Å²) < 4.78 is 1.59. The lowest BCUT2D eigenvalue weighted by molar-refractivity contribution is -0.384. The topological polar surface area (TPSA) is 85.0 Å². The molecule has 2 heterocycles. The zero-order valence-electron chi connectivity index (χ0n) is 11.5. The molecule has 0 aromatic carbocycles. The summed E-state index contributed by atoms with van der Waals surface area (Å²) in [5, 5.41) is 22.0. The Bertz CT molecular complexity index is 451. The van der Waals surface area contributed by atoms with Gasteiger partial charge in [0, 0.05) is 13.6 Å². The summed E-state index contributed by atoms with van der Waals surface area (Å²) >= 11 is 0. The van der Waals surface area contributed by atoms with Crippen molar-refractivity contribution in [2.75, 3.05) is 25.0 Å². The minimum Gasteiger partial charge on any atom is -0.364 e. The summed E-state index contributed by atoms with van der Waals surface area (Å²) in [6.45, 7) is 4.75. The molecule has 1 aliphatic heterocycles. The third-order valence-electron chi connectivity index (χ3n) is 3.48. The van der Waals surface area contributed by atoms with Crippen LogP contribution in [0.4, 0.5) is 11.5 Å². The summed E-state index contributed by atoms with van der Waals surface area (Å²) in [5.41, 5.74) is 0.706. The monoisotopic (exact) mass is 267 g/mol. The summed E-state index contributed by atoms with van der Waals surface area (Å²) in [7, 11) is 1.75. The van der Waals surface area contributed by atoms with Crippen molar-refractivity contribution in [3.05, 3.63) is 15.8 Å². The summed E-state index contributed by atoms with van der Waals surface area (Å²) in [4.78, 5) is 10.9. The standard InChI is InChI=1S/C12H21N5O2/c1-3-4-10-11(17(18)19)12(16(2)15-10)14-8-9-5-6-13-7-9/h9,13-14H,3-8H2,1-2H3. The second-order valence-corrected chi connectivity index (χ2v) is 5.01. The van der Waals surface area contributed by atoms with E-state index in [9.17, 15) is 10.1 Å². The smallest absolute Gasteiger partial charge is 0.333 e. The first-order valence-electron chi connectivity index (χ1n) is 6.78. The first kappa shape index (κ1) is 13.8. The molecule has 106 valence electrons. The van der Waals surface area contributed by atoms with E-state index in [0.29, 0.717) is 23.9 Å². The number of aryl methyl sites for hydroxylation is 2. The van der Waals surface area contributed by atoms with Crippen LogP contribution in [0.3, 0.4) is 0 Å². The maximum absolute atomic E-state index is 11.2. The molecule has 1 fully saturated rings. The van der Waals surface area contributed by atoms with Crippen LogP contribution in [0, 0.1) is 16.0 Å². The van der Waals surface area contributed by atoms with Gasteiger partial charge in [-0.15, -0.1) is 0 Å². The van der Waals surface area contributed by atoms with Crippen LogP contribution in [-0.4, -0.2) is 34.3 Å². The number of rotatable bonds is 6. The lowest BCUT2D eigenvalue weighted by atomic mass is 10.1. The van der Waals surface area contributed by atoms with Crippen molar-refractivity contribution >= 4 is 11.5 Å². The molecule has 19 heavy (non-hydrogen) atoms. The van der Waals surface area contributed by atoms with Gasteiger partial charge in [-0.1, -0.05) is 13.3 Å². The maximum Gasteiger partial charge on any atom is 0.333 e. The third-order valence-corrected chi connectivity index (χ3v) is 3.48. The molecular weight excluding hydrogens is 246 g/mol. The summed E-state index contributed by atoms with van der Waals surface area (Å²) in [6, 6.07) is 0. The van der Waals surface area contributed by atoms with Crippen LogP contribution in [0.1, 0.15) is 25.5 Å². The van der Waals surface area contributed by atoms with Gasteiger partial charge in [0.2, 0.25) is 5.82 Å². The molecule has 0 spiro atoms. The van der Waals surface area contributed by atoms with Crippen LogP contribution in [0.25, 0.3) is 0 Å². The van der Waals surface area contributed by atoms with E-state index in [1.165, 1.54) is 0 Å². The van der Waals surface area contributed by atoms with E-state index < -0.39 is 0 Å². The predicted octanol–water partition coefficient (Wildman–Crippen LogP) is 1.30.